The third kappa shape index (κ3) is 6.82. The number of alkyl halides is 3. The van der Waals surface area contributed by atoms with Gasteiger partial charge < -0.3 is 20.3 Å². The second kappa shape index (κ2) is 10.8. The monoisotopic (exact) mass is 473 g/mol. The SMILES string of the molecule is O=C(O)[C@H](Cc1cccc(OCc2ccccc2)c1)NC(=O)[C@@H](O)c1ccc(C(F)(F)F)cc1. The van der Waals surface area contributed by atoms with Crippen molar-refractivity contribution < 1.29 is 37.7 Å². The minimum atomic E-state index is -4.56. The quantitative estimate of drug-likeness (QED) is 0.434. The van der Waals surface area contributed by atoms with E-state index in [1.807, 2.05) is 30.3 Å². The highest BCUT2D eigenvalue weighted by Crippen LogP contribution is 2.30. The molecule has 9 heteroatoms. The molecule has 178 valence electrons. The fourth-order valence-corrected chi connectivity index (χ4v) is 3.20. The lowest BCUT2D eigenvalue weighted by atomic mass is 10.0. The van der Waals surface area contributed by atoms with Gasteiger partial charge in [-0.05, 0) is 41.0 Å². The van der Waals surface area contributed by atoms with Crippen molar-refractivity contribution in [2.45, 2.75) is 31.3 Å². The third-order valence-corrected chi connectivity index (χ3v) is 5.00. The number of nitrogens with one attached hydrogen (secondary N) is 1. The van der Waals surface area contributed by atoms with E-state index in [-0.39, 0.29) is 12.0 Å². The Hall–Kier alpha value is -3.85. The van der Waals surface area contributed by atoms with Crippen LogP contribution in [-0.2, 0) is 28.8 Å². The number of aliphatic carboxylic acids is 1. The number of benzene rings is 3. The van der Waals surface area contributed by atoms with Gasteiger partial charge in [0.25, 0.3) is 5.91 Å². The molecule has 3 aromatic carbocycles. The zero-order chi connectivity index (χ0) is 24.7. The van der Waals surface area contributed by atoms with Crippen molar-refractivity contribution in [3.8, 4) is 5.75 Å². The van der Waals surface area contributed by atoms with Crippen LogP contribution in [-0.4, -0.2) is 28.1 Å². The van der Waals surface area contributed by atoms with Gasteiger partial charge in [-0.3, -0.25) is 4.79 Å². The topological polar surface area (TPSA) is 95.9 Å². The first kappa shape index (κ1) is 24.8. The van der Waals surface area contributed by atoms with Gasteiger partial charge in [-0.1, -0.05) is 54.6 Å². The highest BCUT2D eigenvalue weighted by molar-refractivity contribution is 5.87. The second-order valence-electron chi connectivity index (χ2n) is 7.55. The molecule has 0 aliphatic carbocycles. The molecule has 0 fully saturated rings. The van der Waals surface area contributed by atoms with E-state index < -0.39 is 35.8 Å². The van der Waals surface area contributed by atoms with Gasteiger partial charge in [0, 0.05) is 6.42 Å². The Bertz CT molecular complexity index is 1120. The van der Waals surface area contributed by atoms with Gasteiger partial charge >= 0.3 is 12.1 Å². The van der Waals surface area contributed by atoms with Crippen molar-refractivity contribution in [2.75, 3.05) is 0 Å². The molecule has 1 amide bonds. The molecule has 0 saturated carbocycles. The van der Waals surface area contributed by atoms with Crippen LogP contribution in [0.15, 0.2) is 78.9 Å². The summed E-state index contributed by atoms with van der Waals surface area (Å²) in [6, 6.07) is 18.2. The zero-order valence-electron chi connectivity index (χ0n) is 17.8. The number of carbonyl (C=O) groups is 2. The molecule has 0 aliphatic rings. The highest BCUT2D eigenvalue weighted by atomic mass is 19.4. The number of hydrogen-bond donors (Lipinski definition) is 3. The first-order valence-electron chi connectivity index (χ1n) is 10.3. The van der Waals surface area contributed by atoms with Crippen LogP contribution in [0.1, 0.15) is 28.4 Å². The van der Waals surface area contributed by atoms with Crippen LogP contribution < -0.4 is 10.1 Å². The van der Waals surface area contributed by atoms with E-state index in [1.54, 1.807) is 24.3 Å². The van der Waals surface area contributed by atoms with Crippen LogP contribution in [0, 0.1) is 0 Å². The van der Waals surface area contributed by atoms with E-state index >= 15 is 0 Å². The molecular weight excluding hydrogens is 451 g/mol. The molecule has 3 N–H and O–H groups in total. The lowest BCUT2D eigenvalue weighted by Gasteiger charge is -2.18. The molecule has 0 heterocycles. The molecule has 0 aromatic heterocycles. The van der Waals surface area contributed by atoms with Crippen LogP contribution in [0.3, 0.4) is 0 Å². The van der Waals surface area contributed by atoms with Crippen molar-refractivity contribution >= 4 is 11.9 Å². The van der Waals surface area contributed by atoms with E-state index in [0.717, 1.165) is 29.8 Å². The summed E-state index contributed by atoms with van der Waals surface area (Å²) in [7, 11) is 0. The summed E-state index contributed by atoms with van der Waals surface area (Å²) < 4.78 is 43.8. The summed E-state index contributed by atoms with van der Waals surface area (Å²) in [5.41, 5.74) is 0.510. The first-order valence-corrected chi connectivity index (χ1v) is 10.3. The number of carboxylic acids is 1. The molecular formula is C25H22F3NO5. The number of aliphatic hydroxyl groups excluding tert-OH is 1. The van der Waals surface area contributed by atoms with E-state index in [4.69, 9.17) is 4.74 Å². The van der Waals surface area contributed by atoms with Crippen LogP contribution in [0.2, 0.25) is 0 Å². The van der Waals surface area contributed by atoms with Crippen molar-refractivity contribution in [1.29, 1.82) is 0 Å². The molecule has 0 spiro atoms. The Kier molecular flexibility index (Phi) is 7.91. The summed E-state index contributed by atoms with van der Waals surface area (Å²) in [4.78, 5) is 24.1. The normalized spacial score (nSPS) is 13.1. The summed E-state index contributed by atoms with van der Waals surface area (Å²) >= 11 is 0. The van der Waals surface area contributed by atoms with Gasteiger partial charge in [0.15, 0.2) is 6.10 Å². The predicted molar refractivity (Wildman–Crippen MR) is 117 cm³/mol. The highest BCUT2D eigenvalue weighted by Gasteiger charge is 2.31. The number of carboxylic acid groups (broad SMARTS) is 1. The molecule has 3 aromatic rings. The third-order valence-electron chi connectivity index (χ3n) is 5.00. The largest absolute Gasteiger partial charge is 0.489 e. The average Bonchev–Trinajstić information content (AvgIpc) is 2.82. The maximum atomic E-state index is 12.7. The van der Waals surface area contributed by atoms with Crippen molar-refractivity contribution in [3.63, 3.8) is 0 Å². The van der Waals surface area contributed by atoms with Crippen molar-refractivity contribution in [3.05, 3.63) is 101 Å². The number of hydrogen-bond acceptors (Lipinski definition) is 4. The van der Waals surface area contributed by atoms with Gasteiger partial charge in [-0.15, -0.1) is 0 Å². The first-order chi connectivity index (χ1) is 16.1. The van der Waals surface area contributed by atoms with Gasteiger partial charge in [0.2, 0.25) is 0 Å². The molecule has 3 rings (SSSR count). The standard InChI is InChI=1S/C25H22F3NO5/c26-25(27,28)19-11-9-18(10-12-19)22(30)23(31)29-21(24(32)33)14-17-7-4-8-20(13-17)34-15-16-5-2-1-3-6-16/h1-13,21-22,30H,14-15H2,(H,29,31)(H,32,33)/t21-,22-/m0/s1. The Balaban J connectivity index is 1.63. The molecule has 0 saturated heterocycles. The van der Waals surface area contributed by atoms with E-state index in [0.29, 0.717) is 17.9 Å². The fourth-order valence-electron chi connectivity index (χ4n) is 3.20. The summed E-state index contributed by atoms with van der Waals surface area (Å²) in [5.74, 6) is -1.85. The van der Waals surface area contributed by atoms with Gasteiger partial charge in [0.05, 0.1) is 5.56 Å². The summed E-state index contributed by atoms with van der Waals surface area (Å²) in [6.45, 7) is 0.322. The molecule has 0 radical (unpaired) electrons. The lowest BCUT2D eigenvalue weighted by Crippen LogP contribution is -2.44. The Morgan fingerprint density at radius 1 is 0.912 bits per heavy atom. The van der Waals surface area contributed by atoms with Crippen LogP contribution in [0.4, 0.5) is 13.2 Å². The predicted octanol–water partition coefficient (Wildman–Crippen LogP) is 4.13. The van der Waals surface area contributed by atoms with Crippen LogP contribution >= 0.6 is 0 Å². The van der Waals surface area contributed by atoms with E-state index in [1.165, 1.54) is 0 Å². The Morgan fingerprint density at radius 3 is 2.18 bits per heavy atom. The molecule has 0 bridgehead atoms. The summed E-state index contributed by atoms with van der Waals surface area (Å²) in [6.07, 6.45) is -6.48. The number of amides is 1. The minimum absolute atomic E-state index is 0.0917. The number of carbonyl (C=O) groups excluding carboxylic acids is 1. The summed E-state index contributed by atoms with van der Waals surface area (Å²) in [5, 5.41) is 22.0. The zero-order valence-corrected chi connectivity index (χ0v) is 17.8. The molecule has 2 atom stereocenters. The van der Waals surface area contributed by atoms with Crippen molar-refractivity contribution in [1.82, 2.24) is 5.32 Å². The number of rotatable bonds is 9. The maximum Gasteiger partial charge on any atom is 0.416 e. The Morgan fingerprint density at radius 2 is 1.56 bits per heavy atom. The Labute approximate surface area is 193 Å². The molecule has 6 nitrogen and oxygen atoms in total. The maximum absolute atomic E-state index is 12.7. The smallest absolute Gasteiger partial charge is 0.416 e. The fraction of sp³-hybridized carbons (Fsp3) is 0.200. The number of ether oxygens (including phenoxy) is 1. The van der Waals surface area contributed by atoms with Crippen LogP contribution in [0.5, 0.6) is 5.75 Å². The van der Waals surface area contributed by atoms with Crippen molar-refractivity contribution in [2.24, 2.45) is 0 Å². The van der Waals surface area contributed by atoms with Crippen LogP contribution in [0.25, 0.3) is 0 Å². The lowest BCUT2D eigenvalue weighted by molar-refractivity contribution is -0.143. The number of halogens is 3. The number of aliphatic hydroxyl groups is 1. The molecule has 0 unspecified atom stereocenters. The van der Waals surface area contributed by atoms with E-state index in [2.05, 4.69) is 5.32 Å². The van der Waals surface area contributed by atoms with Gasteiger partial charge in [-0.25, -0.2) is 4.79 Å². The molecule has 34 heavy (non-hydrogen) atoms. The average molecular weight is 473 g/mol. The minimum Gasteiger partial charge on any atom is -0.489 e. The van der Waals surface area contributed by atoms with Gasteiger partial charge in [-0.2, -0.15) is 13.2 Å². The second-order valence-corrected chi connectivity index (χ2v) is 7.55. The molecule has 0 aliphatic heterocycles. The van der Waals surface area contributed by atoms with Gasteiger partial charge in [0.1, 0.15) is 18.4 Å². The van der Waals surface area contributed by atoms with E-state index in [9.17, 15) is 33.0 Å².